The third-order valence-corrected chi connectivity index (χ3v) is 5.39. The summed E-state index contributed by atoms with van der Waals surface area (Å²) >= 11 is 0. The highest BCUT2D eigenvalue weighted by Crippen LogP contribution is 2.22. The maximum Gasteiger partial charge on any atom is 0.263 e. The van der Waals surface area contributed by atoms with Crippen LogP contribution < -0.4 is 15.8 Å². The van der Waals surface area contributed by atoms with Gasteiger partial charge >= 0.3 is 0 Å². The lowest BCUT2D eigenvalue weighted by molar-refractivity contribution is 0.102. The highest BCUT2D eigenvalue weighted by molar-refractivity contribution is 6.04. The van der Waals surface area contributed by atoms with Crippen LogP contribution >= 0.6 is 0 Å². The van der Waals surface area contributed by atoms with Crippen LogP contribution in [0.25, 0.3) is 11.3 Å². The highest BCUT2D eigenvalue weighted by Gasteiger charge is 2.13. The first-order valence-corrected chi connectivity index (χ1v) is 10.3. The zero-order chi connectivity index (χ0) is 20.9. The Morgan fingerprint density at radius 3 is 2.33 bits per heavy atom. The van der Waals surface area contributed by atoms with E-state index in [9.17, 15) is 9.59 Å². The molecule has 0 aliphatic carbocycles. The van der Waals surface area contributed by atoms with Crippen molar-refractivity contribution in [1.82, 2.24) is 14.8 Å². The number of hydrogen-bond acceptors (Lipinski definition) is 5. The lowest BCUT2D eigenvalue weighted by Gasteiger charge is -2.20. The molecule has 1 saturated heterocycles. The molecule has 1 aliphatic rings. The molecule has 0 radical (unpaired) electrons. The Morgan fingerprint density at radius 2 is 1.67 bits per heavy atom. The molecule has 3 aromatic rings. The number of carbonyl (C=O) groups excluding carboxylic acids is 1. The van der Waals surface area contributed by atoms with Gasteiger partial charge in [-0.1, -0.05) is 25.0 Å². The predicted molar refractivity (Wildman–Crippen MR) is 118 cm³/mol. The second kappa shape index (κ2) is 8.90. The third kappa shape index (κ3) is 4.40. The van der Waals surface area contributed by atoms with Gasteiger partial charge in [-0.2, -0.15) is 0 Å². The van der Waals surface area contributed by atoms with E-state index in [-0.39, 0.29) is 11.1 Å². The Morgan fingerprint density at radius 1 is 0.933 bits per heavy atom. The largest absolute Gasteiger partial charge is 0.355 e. The zero-order valence-corrected chi connectivity index (χ0v) is 17.0. The molecule has 154 valence electrons. The Hall–Kier alpha value is -3.48. The van der Waals surface area contributed by atoms with Crippen LogP contribution in [0.3, 0.4) is 0 Å². The van der Waals surface area contributed by atoms with Crippen LogP contribution in [0.5, 0.6) is 0 Å². The van der Waals surface area contributed by atoms with Crippen LogP contribution in [0, 0.1) is 0 Å². The summed E-state index contributed by atoms with van der Waals surface area (Å²) in [4.78, 5) is 26.8. The summed E-state index contributed by atoms with van der Waals surface area (Å²) in [6.45, 7) is 2.07. The monoisotopic (exact) mass is 403 g/mol. The van der Waals surface area contributed by atoms with Gasteiger partial charge < -0.3 is 14.8 Å². The molecule has 1 amide bonds. The van der Waals surface area contributed by atoms with E-state index >= 15 is 0 Å². The topological polar surface area (TPSA) is 80.1 Å². The van der Waals surface area contributed by atoms with Crippen molar-refractivity contribution in [2.75, 3.05) is 23.3 Å². The van der Waals surface area contributed by atoms with E-state index < -0.39 is 5.91 Å². The molecule has 1 fully saturated rings. The van der Waals surface area contributed by atoms with Crippen molar-refractivity contribution >= 4 is 17.4 Å². The Labute approximate surface area is 175 Å². The van der Waals surface area contributed by atoms with E-state index in [1.807, 2.05) is 24.3 Å². The van der Waals surface area contributed by atoms with Crippen LogP contribution in [0.2, 0.25) is 0 Å². The quantitative estimate of drug-likeness (QED) is 0.721. The summed E-state index contributed by atoms with van der Waals surface area (Å²) in [5, 5.41) is 11.6. The summed E-state index contributed by atoms with van der Waals surface area (Å²) in [5.41, 5.74) is 2.09. The van der Waals surface area contributed by atoms with Crippen LogP contribution in [-0.4, -0.2) is 33.8 Å². The Balaban J connectivity index is 1.45. The molecule has 2 aromatic heterocycles. The summed E-state index contributed by atoms with van der Waals surface area (Å²) in [6, 6.07) is 14.6. The minimum absolute atomic E-state index is 0.110. The molecule has 1 aromatic carbocycles. The molecular formula is C23H25N5O2. The molecule has 3 heterocycles. The zero-order valence-electron chi connectivity index (χ0n) is 17.0. The fourth-order valence-corrected chi connectivity index (χ4v) is 3.64. The second-order valence-electron chi connectivity index (χ2n) is 7.55. The van der Waals surface area contributed by atoms with Gasteiger partial charge in [0.25, 0.3) is 11.5 Å². The van der Waals surface area contributed by atoms with Crippen molar-refractivity contribution in [2.24, 2.45) is 7.05 Å². The smallest absolute Gasteiger partial charge is 0.263 e. The van der Waals surface area contributed by atoms with Crippen LogP contribution in [0.1, 0.15) is 36.0 Å². The minimum Gasteiger partial charge on any atom is -0.355 e. The van der Waals surface area contributed by atoms with Gasteiger partial charge in [0.15, 0.2) is 5.82 Å². The summed E-state index contributed by atoms with van der Waals surface area (Å²) in [6.07, 6.45) is 6.58. The van der Waals surface area contributed by atoms with E-state index in [2.05, 4.69) is 20.4 Å². The van der Waals surface area contributed by atoms with Gasteiger partial charge in [0.05, 0.1) is 5.69 Å². The molecule has 0 spiro atoms. The first kappa shape index (κ1) is 19.8. The first-order chi connectivity index (χ1) is 14.6. The van der Waals surface area contributed by atoms with Crippen molar-refractivity contribution in [3.8, 4) is 11.3 Å². The average molecular weight is 403 g/mol. The maximum atomic E-state index is 12.4. The minimum atomic E-state index is -0.425. The molecule has 0 atom stereocenters. The van der Waals surface area contributed by atoms with Gasteiger partial charge in [-0.05, 0) is 49.2 Å². The van der Waals surface area contributed by atoms with Gasteiger partial charge in [0, 0.05) is 37.6 Å². The number of rotatable bonds is 4. The number of anilines is 2. The summed E-state index contributed by atoms with van der Waals surface area (Å²) in [5.74, 6) is 0.500. The molecule has 0 saturated carbocycles. The van der Waals surface area contributed by atoms with Gasteiger partial charge in [0.2, 0.25) is 0 Å². The fourth-order valence-electron chi connectivity index (χ4n) is 3.64. The lowest BCUT2D eigenvalue weighted by atomic mass is 10.1. The van der Waals surface area contributed by atoms with Gasteiger partial charge in [0.1, 0.15) is 5.56 Å². The number of amides is 1. The number of aromatic nitrogens is 3. The number of carbonyl (C=O) groups is 1. The molecule has 4 rings (SSSR count). The van der Waals surface area contributed by atoms with Crippen molar-refractivity contribution in [1.29, 1.82) is 0 Å². The Kier molecular flexibility index (Phi) is 5.88. The first-order valence-electron chi connectivity index (χ1n) is 10.3. The van der Waals surface area contributed by atoms with Gasteiger partial charge in [-0.25, -0.2) is 0 Å². The standard InChI is InChI=1S/C23H25N5O2/c1-27-14-6-7-19(23(27)30)22(29)24-18-10-8-17(9-11-18)20-12-13-21(26-25-20)28-15-4-2-3-5-16-28/h6-14H,2-5,15-16H2,1H3,(H,24,29). The molecule has 1 aliphatic heterocycles. The maximum absolute atomic E-state index is 12.4. The number of benzene rings is 1. The molecule has 1 N–H and O–H groups in total. The van der Waals surface area contributed by atoms with Crippen molar-refractivity contribution in [2.45, 2.75) is 25.7 Å². The molecule has 7 nitrogen and oxygen atoms in total. The van der Waals surface area contributed by atoms with Crippen LogP contribution in [0.4, 0.5) is 11.5 Å². The molecule has 0 unspecified atom stereocenters. The van der Waals surface area contributed by atoms with Crippen molar-refractivity contribution in [3.63, 3.8) is 0 Å². The van der Waals surface area contributed by atoms with E-state index in [1.54, 1.807) is 31.4 Å². The summed E-state index contributed by atoms with van der Waals surface area (Å²) < 4.78 is 1.38. The van der Waals surface area contributed by atoms with E-state index in [1.165, 1.54) is 36.3 Å². The average Bonchev–Trinajstić information content (AvgIpc) is 3.06. The third-order valence-electron chi connectivity index (χ3n) is 5.39. The number of nitrogens with one attached hydrogen (secondary N) is 1. The second-order valence-corrected chi connectivity index (χ2v) is 7.55. The number of nitrogens with zero attached hydrogens (tertiary/aromatic N) is 4. The highest BCUT2D eigenvalue weighted by atomic mass is 16.2. The fraction of sp³-hybridized carbons (Fsp3) is 0.304. The van der Waals surface area contributed by atoms with E-state index in [0.29, 0.717) is 5.69 Å². The van der Waals surface area contributed by atoms with Crippen LogP contribution in [0.15, 0.2) is 59.5 Å². The molecule has 30 heavy (non-hydrogen) atoms. The lowest BCUT2D eigenvalue weighted by Crippen LogP contribution is -2.26. The molecule has 7 heteroatoms. The van der Waals surface area contributed by atoms with Crippen molar-refractivity contribution < 1.29 is 4.79 Å². The summed E-state index contributed by atoms with van der Waals surface area (Å²) in [7, 11) is 1.62. The van der Waals surface area contributed by atoms with Crippen molar-refractivity contribution in [3.05, 3.63) is 70.6 Å². The number of pyridine rings is 1. The molecule has 0 bridgehead atoms. The normalized spacial score (nSPS) is 14.2. The van der Waals surface area contributed by atoms with E-state index in [4.69, 9.17) is 0 Å². The van der Waals surface area contributed by atoms with Gasteiger partial charge in [-0.15, -0.1) is 10.2 Å². The van der Waals surface area contributed by atoms with Crippen LogP contribution in [-0.2, 0) is 7.05 Å². The van der Waals surface area contributed by atoms with Gasteiger partial charge in [-0.3, -0.25) is 9.59 Å². The number of aryl methyl sites for hydroxylation is 1. The predicted octanol–water partition coefficient (Wildman–Crippen LogP) is 3.48. The number of hydrogen-bond donors (Lipinski definition) is 1. The Bertz CT molecular complexity index is 1070. The van der Waals surface area contributed by atoms with E-state index in [0.717, 1.165) is 30.2 Å². The molecular weight excluding hydrogens is 378 g/mol. The SMILES string of the molecule is Cn1cccc(C(=O)Nc2ccc(-c3ccc(N4CCCCCC4)nn3)cc2)c1=O.